The summed E-state index contributed by atoms with van der Waals surface area (Å²) in [6, 6.07) is 0.229. The summed E-state index contributed by atoms with van der Waals surface area (Å²) in [5, 5.41) is 0. The molecule has 0 aliphatic carbocycles. The van der Waals surface area contributed by atoms with Crippen molar-refractivity contribution in [2.45, 2.75) is 25.3 Å². The SMILES string of the molecule is C=CCCCC(COCCOC)NN. The molecule has 0 aliphatic heterocycles. The number of hydrogen-bond donors (Lipinski definition) is 2. The van der Waals surface area contributed by atoms with E-state index in [0.29, 0.717) is 19.8 Å². The molecular weight excluding hydrogens is 180 g/mol. The molecule has 0 aliphatic rings. The van der Waals surface area contributed by atoms with Crippen LogP contribution in [0.15, 0.2) is 12.7 Å². The van der Waals surface area contributed by atoms with Gasteiger partial charge in [-0.2, -0.15) is 0 Å². The van der Waals surface area contributed by atoms with Crippen molar-refractivity contribution in [1.29, 1.82) is 0 Å². The molecule has 0 amide bonds. The molecule has 1 unspecified atom stereocenters. The van der Waals surface area contributed by atoms with Crippen LogP contribution in [0.1, 0.15) is 19.3 Å². The van der Waals surface area contributed by atoms with Gasteiger partial charge in [-0.3, -0.25) is 11.3 Å². The lowest BCUT2D eigenvalue weighted by Crippen LogP contribution is -2.38. The second-order valence-electron chi connectivity index (χ2n) is 3.15. The highest BCUT2D eigenvalue weighted by Gasteiger charge is 2.05. The van der Waals surface area contributed by atoms with Crippen LogP contribution in [0.25, 0.3) is 0 Å². The van der Waals surface area contributed by atoms with Crippen molar-refractivity contribution in [3.05, 3.63) is 12.7 Å². The van der Waals surface area contributed by atoms with Crippen LogP contribution in [0.2, 0.25) is 0 Å². The zero-order chi connectivity index (χ0) is 10.6. The molecule has 0 aromatic rings. The lowest BCUT2D eigenvalue weighted by Gasteiger charge is -2.15. The molecule has 3 N–H and O–H groups in total. The van der Waals surface area contributed by atoms with Crippen LogP contribution in [-0.2, 0) is 9.47 Å². The topological polar surface area (TPSA) is 56.5 Å². The molecule has 0 fully saturated rings. The van der Waals surface area contributed by atoms with E-state index in [2.05, 4.69) is 12.0 Å². The molecule has 0 radical (unpaired) electrons. The van der Waals surface area contributed by atoms with Crippen molar-refractivity contribution >= 4 is 0 Å². The average Bonchev–Trinajstić information content (AvgIpc) is 2.22. The number of allylic oxidation sites excluding steroid dienone is 1. The van der Waals surface area contributed by atoms with Crippen molar-refractivity contribution in [3.8, 4) is 0 Å². The first-order valence-electron chi connectivity index (χ1n) is 4.98. The quantitative estimate of drug-likeness (QED) is 0.238. The van der Waals surface area contributed by atoms with Gasteiger partial charge in [-0.25, -0.2) is 0 Å². The zero-order valence-corrected chi connectivity index (χ0v) is 9.00. The number of methoxy groups -OCH3 is 1. The van der Waals surface area contributed by atoms with E-state index in [-0.39, 0.29) is 6.04 Å². The van der Waals surface area contributed by atoms with Crippen LogP contribution in [-0.4, -0.2) is 33.0 Å². The lowest BCUT2D eigenvalue weighted by molar-refractivity contribution is 0.0572. The van der Waals surface area contributed by atoms with Crippen LogP contribution in [0.4, 0.5) is 0 Å². The van der Waals surface area contributed by atoms with Gasteiger partial charge in [-0.15, -0.1) is 6.58 Å². The number of hydrogen-bond acceptors (Lipinski definition) is 4. The van der Waals surface area contributed by atoms with E-state index in [9.17, 15) is 0 Å². The molecule has 0 spiro atoms. The molecule has 84 valence electrons. The Morgan fingerprint density at radius 3 is 2.86 bits per heavy atom. The minimum absolute atomic E-state index is 0.229. The predicted octanol–water partition coefficient (Wildman–Crippen LogP) is 0.838. The summed E-state index contributed by atoms with van der Waals surface area (Å²) in [6.07, 6.45) is 5.04. The van der Waals surface area contributed by atoms with Gasteiger partial charge < -0.3 is 9.47 Å². The fraction of sp³-hybridized carbons (Fsp3) is 0.800. The maximum Gasteiger partial charge on any atom is 0.0701 e. The summed E-state index contributed by atoms with van der Waals surface area (Å²) in [5.74, 6) is 5.38. The third kappa shape index (κ3) is 8.19. The molecule has 1 atom stereocenters. The highest BCUT2D eigenvalue weighted by Crippen LogP contribution is 2.01. The maximum absolute atomic E-state index is 5.38. The molecule has 0 saturated heterocycles. The molecule has 4 heteroatoms. The molecule has 0 saturated carbocycles. The number of unbranched alkanes of at least 4 members (excludes halogenated alkanes) is 1. The normalized spacial score (nSPS) is 12.7. The summed E-state index contributed by atoms with van der Waals surface area (Å²) >= 11 is 0. The van der Waals surface area contributed by atoms with Crippen LogP contribution in [0.5, 0.6) is 0 Å². The molecule has 0 bridgehead atoms. The number of rotatable bonds is 10. The Balaban J connectivity index is 3.33. The molecule has 0 aromatic heterocycles. The van der Waals surface area contributed by atoms with E-state index in [4.69, 9.17) is 15.3 Å². The highest BCUT2D eigenvalue weighted by atomic mass is 16.5. The molecule has 4 nitrogen and oxygen atoms in total. The van der Waals surface area contributed by atoms with Crippen LogP contribution in [0, 0.1) is 0 Å². The van der Waals surface area contributed by atoms with Gasteiger partial charge in [0.25, 0.3) is 0 Å². The number of nitrogens with two attached hydrogens (primary N) is 1. The Bertz CT molecular complexity index is 131. The first-order chi connectivity index (χ1) is 6.85. The van der Waals surface area contributed by atoms with Crippen molar-refractivity contribution in [1.82, 2.24) is 5.43 Å². The summed E-state index contributed by atoms with van der Waals surface area (Å²) in [4.78, 5) is 0. The fourth-order valence-electron chi connectivity index (χ4n) is 1.09. The Hall–Kier alpha value is -0.420. The van der Waals surface area contributed by atoms with Gasteiger partial charge in [0.2, 0.25) is 0 Å². The predicted molar refractivity (Wildman–Crippen MR) is 57.9 cm³/mol. The standard InChI is InChI=1S/C10H22N2O2/c1-3-4-5-6-10(12-11)9-14-8-7-13-2/h3,10,12H,1,4-9,11H2,2H3. The van der Waals surface area contributed by atoms with Crippen LogP contribution >= 0.6 is 0 Å². The smallest absolute Gasteiger partial charge is 0.0701 e. The first-order valence-corrected chi connectivity index (χ1v) is 4.98. The lowest BCUT2D eigenvalue weighted by atomic mass is 10.1. The van der Waals surface area contributed by atoms with Crippen LogP contribution in [0.3, 0.4) is 0 Å². The van der Waals surface area contributed by atoms with Gasteiger partial charge >= 0.3 is 0 Å². The minimum atomic E-state index is 0.229. The summed E-state index contributed by atoms with van der Waals surface area (Å²) in [7, 11) is 1.66. The molecule has 0 rings (SSSR count). The van der Waals surface area contributed by atoms with Crippen molar-refractivity contribution < 1.29 is 9.47 Å². The second-order valence-corrected chi connectivity index (χ2v) is 3.15. The van der Waals surface area contributed by atoms with Crippen molar-refractivity contribution in [3.63, 3.8) is 0 Å². The molecule has 0 heterocycles. The van der Waals surface area contributed by atoms with E-state index in [0.717, 1.165) is 19.3 Å². The van der Waals surface area contributed by atoms with Gasteiger partial charge in [0.15, 0.2) is 0 Å². The molecule has 0 aromatic carbocycles. The summed E-state index contributed by atoms with van der Waals surface area (Å²) in [6.45, 7) is 5.56. The first kappa shape index (κ1) is 13.6. The second kappa shape index (κ2) is 10.7. The van der Waals surface area contributed by atoms with E-state index >= 15 is 0 Å². The van der Waals surface area contributed by atoms with E-state index in [1.807, 2.05) is 6.08 Å². The van der Waals surface area contributed by atoms with E-state index in [1.165, 1.54) is 0 Å². The molecule has 14 heavy (non-hydrogen) atoms. The largest absolute Gasteiger partial charge is 0.382 e. The van der Waals surface area contributed by atoms with Gasteiger partial charge in [-0.05, 0) is 19.3 Å². The number of hydrazine groups is 1. The zero-order valence-electron chi connectivity index (χ0n) is 9.00. The molecular formula is C10H22N2O2. The average molecular weight is 202 g/mol. The monoisotopic (exact) mass is 202 g/mol. The Morgan fingerprint density at radius 2 is 2.29 bits per heavy atom. The van der Waals surface area contributed by atoms with E-state index < -0.39 is 0 Å². The Kier molecular flexibility index (Phi) is 10.3. The maximum atomic E-state index is 5.38. The highest BCUT2D eigenvalue weighted by molar-refractivity contribution is 4.69. The van der Waals surface area contributed by atoms with Gasteiger partial charge in [-0.1, -0.05) is 6.08 Å². The van der Waals surface area contributed by atoms with Crippen molar-refractivity contribution in [2.75, 3.05) is 26.9 Å². The van der Waals surface area contributed by atoms with Gasteiger partial charge in [0, 0.05) is 13.2 Å². The summed E-state index contributed by atoms with van der Waals surface area (Å²) in [5.41, 5.74) is 2.74. The third-order valence-corrected chi connectivity index (χ3v) is 1.95. The van der Waals surface area contributed by atoms with Crippen molar-refractivity contribution in [2.24, 2.45) is 5.84 Å². The summed E-state index contributed by atoms with van der Waals surface area (Å²) < 4.78 is 10.2. The third-order valence-electron chi connectivity index (χ3n) is 1.95. The Morgan fingerprint density at radius 1 is 1.50 bits per heavy atom. The minimum Gasteiger partial charge on any atom is -0.382 e. The van der Waals surface area contributed by atoms with Gasteiger partial charge in [0.05, 0.1) is 19.8 Å². The Labute approximate surface area is 86.4 Å². The number of nitrogens with one attached hydrogen (secondary N) is 1. The van der Waals surface area contributed by atoms with Gasteiger partial charge in [0.1, 0.15) is 0 Å². The van der Waals surface area contributed by atoms with E-state index in [1.54, 1.807) is 7.11 Å². The fourth-order valence-corrected chi connectivity index (χ4v) is 1.09. The van der Waals surface area contributed by atoms with Crippen LogP contribution < -0.4 is 11.3 Å². The number of ether oxygens (including phenoxy) is 2.